The number of amides is 2. The maximum atomic E-state index is 12.9. The number of β-lactam (4-membered cyclic amide) rings is 1. The van der Waals surface area contributed by atoms with E-state index >= 15 is 0 Å². The number of nitrogens with one attached hydrogen (secondary N) is 1. The van der Waals surface area contributed by atoms with Gasteiger partial charge in [-0.25, -0.2) is 9.97 Å². The molecule has 2 aliphatic rings. The molecular weight excluding hydrogens is 547 g/mol. The number of pyridine rings is 1. The van der Waals surface area contributed by atoms with Gasteiger partial charge in [0.15, 0.2) is 10.1 Å². The summed E-state index contributed by atoms with van der Waals surface area (Å²) in [5, 5.41) is 26.5. The predicted octanol–water partition coefficient (Wildman–Crippen LogP) is 0.506. The average molecular weight is 570 g/mol. The highest BCUT2D eigenvalue weighted by atomic mass is 32.2. The van der Waals surface area contributed by atoms with Gasteiger partial charge in [-0.15, -0.1) is 23.1 Å². The number of carbonyl (C=O) groups is 3. The zero-order valence-electron chi connectivity index (χ0n) is 18.7. The molecule has 3 atom stereocenters. The summed E-state index contributed by atoms with van der Waals surface area (Å²) in [7, 11) is 0. The lowest BCUT2D eigenvalue weighted by atomic mass is 10.0. The maximum absolute atomic E-state index is 12.9. The van der Waals surface area contributed by atoms with Gasteiger partial charge in [0.1, 0.15) is 27.7 Å². The van der Waals surface area contributed by atoms with Crippen LogP contribution in [0.2, 0.25) is 0 Å². The van der Waals surface area contributed by atoms with Crippen molar-refractivity contribution in [2.24, 2.45) is 10.9 Å². The van der Waals surface area contributed by atoms with Crippen LogP contribution in [0.15, 0.2) is 33.1 Å². The fourth-order valence-electron chi connectivity index (χ4n) is 3.62. The highest BCUT2D eigenvalue weighted by Crippen LogP contribution is 2.47. The van der Waals surface area contributed by atoms with Gasteiger partial charge < -0.3 is 32.0 Å². The van der Waals surface area contributed by atoms with Gasteiger partial charge in [0, 0.05) is 35.7 Å². The third-order valence-corrected chi connectivity index (χ3v) is 10.4. The van der Waals surface area contributed by atoms with Gasteiger partial charge in [0.25, 0.3) is 5.91 Å². The molecule has 7 N–H and O–H groups in total. The molecule has 2 aliphatic heterocycles. The van der Waals surface area contributed by atoms with Crippen molar-refractivity contribution in [2.45, 2.75) is 26.3 Å². The number of rotatable bonds is 10. The van der Waals surface area contributed by atoms with Gasteiger partial charge in [-0.1, -0.05) is 23.0 Å². The van der Waals surface area contributed by atoms with Crippen LogP contribution in [0, 0.1) is 0 Å². The normalized spacial score (nSPS) is 23.6. The Balaban J connectivity index is 1.41. The molecule has 4 rings (SSSR count). The molecule has 2 saturated heterocycles. The SMILES string of the molecule is NCCSCc1csc(SC2(C(=O)O)CS[C@@H]3[C@H](NC(=O)C(=NO)c4cccc(N)n4)C(=O)N3C2)n1. The van der Waals surface area contributed by atoms with Crippen LogP contribution in [0.3, 0.4) is 0 Å². The summed E-state index contributed by atoms with van der Waals surface area (Å²) in [6.45, 7) is 0.554. The van der Waals surface area contributed by atoms with Crippen molar-refractivity contribution >= 4 is 75.9 Å². The van der Waals surface area contributed by atoms with E-state index in [9.17, 15) is 24.7 Å². The van der Waals surface area contributed by atoms with Crippen molar-refractivity contribution < 1.29 is 24.7 Å². The third-order valence-electron chi connectivity index (χ3n) is 5.38. The molecule has 2 aromatic rings. The summed E-state index contributed by atoms with van der Waals surface area (Å²) in [5.41, 5.74) is 11.7. The van der Waals surface area contributed by atoms with Gasteiger partial charge in [0.05, 0.1) is 5.69 Å². The fraction of sp³-hybridized carbons (Fsp3) is 0.400. The van der Waals surface area contributed by atoms with E-state index in [0.29, 0.717) is 16.6 Å². The Labute approximate surface area is 222 Å². The summed E-state index contributed by atoms with van der Waals surface area (Å²) < 4.78 is -0.648. The Morgan fingerprint density at radius 3 is 2.86 bits per heavy atom. The zero-order valence-corrected chi connectivity index (χ0v) is 22.0. The standard InChI is InChI=1S/C20H23N7O5S4/c21-4-5-33-6-10-7-34-19(23-10)36-20(18(30)31)8-27-16(29)14(17(27)35-9-20)25-15(28)13(26-32)11-2-1-3-12(22)24-11/h1-3,7,14,17,32H,4-6,8-9,21H2,(H2,22,24)(H,25,28)(H,30,31)/t14-,17-,20?/m1/s1. The summed E-state index contributed by atoms with van der Waals surface area (Å²) in [5.74, 6) is -0.379. The number of carboxylic acids is 1. The Kier molecular flexibility index (Phi) is 8.29. The molecule has 0 aliphatic carbocycles. The first-order valence-electron chi connectivity index (χ1n) is 10.6. The van der Waals surface area contributed by atoms with Gasteiger partial charge in [-0.05, 0) is 12.1 Å². The number of nitrogen functional groups attached to an aromatic ring is 1. The molecule has 4 heterocycles. The second kappa shape index (κ2) is 11.2. The molecule has 0 saturated carbocycles. The first-order chi connectivity index (χ1) is 17.3. The zero-order chi connectivity index (χ0) is 25.9. The molecule has 2 aromatic heterocycles. The number of oxime groups is 1. The number of hydrogen-bond acceptors (Lipinski definition) is 13. The first-order valence-corrected chi connectivity index (χ1v) is 14.5. The van der Waals surface area contributed by atoms with E-state index in [0.717, 1.165) is 23.2 Å². The molecular formula is C20H23N7O5S4. The number of thioether (sulfide) groups is 3. The first kappa shape index (κ1) is 26.5. The minimum absolute atomic E-state index is 0.0234. The van der Waals surface area contributed by atoms with Crippen molar-refractivity contribution in [2.75, 3.05) is 30.3 Å². The molecule has 0 aromatic carbocycles. The monoisotopic (exact) mass is 569 g/mol. The molecule has 0 bridgehead atoms. The lowest BCUT2D eigenvalue weighted by molar-refractivity contribution is -0.151. The van der Waals surface area contributed by atoms with Crippen molar-refractivity contribution in [3.63, 3.8) is 0 Å². The van der Waals surface area contributed by atoms with Gasteiger partial charge in [0.2, 0.25) is 5.91 Å². The lowest BCUT2D eigenvalue weighted by Gasteiger charge is -2.53. The highest BCUT2D eigenvalue weighted by molar-refractivity contribution is 8.06. The van der Waals surface area contributed by atoms with Crippen LogP contribution in [0.5, 0.6) is 0 Å². The average Bonchev–Trinajstić information content (AvgIpc) is 3.30. The largest absolute Gasteiger partial charge is 0.480 e. The Hall–Kier alpha value is -2.53. The molecule has 16 heteroatoms. The van der Waals surface area contributed by atoms with Crippen LogP contribution in [0.1, 0.15) is 11.4 Å². The van der Waals surface area contributed by atoms with E-state index in [2.05, 4.69) is 20.4 Å². The van der Waals surface area contributed by atoms with Gasteiger partial charge >= 0.3 is 5.97 Å². The van der Waals surface area contributed by atoms with Crippen LogP contribution in [-0.4, -0.2) is 89.4 Å². The van der Waals surface area contributed by atoms with Crippen molar-refractivity contribution in [3.05, 3.63) is 35.0 Å². The second-order valence-corrected chi connectivity index (χ2v) is 12.6. The molecule has 0 spiro atoms. The van der Waals surface area contributed by atoms with Gasteiger partial charge in [-0.3, -0.25) is 14.4 Å². The summed E-state index contributed by atoms with van der Waals surface area (Å²) in [6, 6.07) is 3.64. The van der Waals surface area contributed by atoms with Crippen LogP contribution in [0.4, 0.5) is 5.82 Å². The minimum atomic E-state index is -1.27. The van der Waals surface area contributed by atoms with E-state index in [4.69, 9.17) is 11.5 Å². The molecule has 2 fully saturated rings. The number of nitrogens with zero attached hydrogens (tertiary/aromatic N) is 4. The summed E-state index contributed by atoms with van der Waals surface area (Å²) in [6.07, 6.45) is 0. The second-order valence-electron chi connectivity index (χ2n) is 7.86. The number of aliphatic carboxylic acids is 1. The van der Waals surface area contributed by atoms with E-state index in [1.807, 2.05) is 5.38 Å². The van der Waals surface area contributed by atoms with Gasteiger partial charge in [-0.2, -0.15) is 11.8 Å². The lowest BCUT2D eigenvalue weighted by Crippen LogP contribution is -2.74. The topological polar surface area (TPSA) is 197 Å². The molecule has 1 unspecified atom stereocenters. The Bertz CT molecular complexity index is 1190. The number of thiazole rings is 1. The summed E-state index contributed by atoms with van der Waals surface area (Å²) in [4.78, 5) is 47.8. The quantitative estimate of drug-likeness (QED) is 0.0875. The summed E-state index contributed by atoms with van der Waals surface area (Å²) >= 11 is 5.45. The minimum Gasteiger partial charge on any atom is -0.480 e. The van der Waals surface area contributed by atoms with E-state index < -0.39 is 33.9 Å². The van der Waals surface area contributed by atoms with Crippen molar-refractivity contribution in [1.29, 1.82) is 0 Å². The smallest absolute Gasteiger partial charge is 0.322 e. The fourth-order valence-corrected chi connectivity index (χ4v) is 8.37. The van der Waals surface area contributed by atoms with Crippen molar-refractivity contribution in [1.82, 2.24) is 20.2 Å². The van der Waals surface area contributed by atoms with Crippen LogP contribution in [-0.2, 0) is 20.1 Å². The number of nitrogens with two attached hydrogens (primary N) is 2. The number of carboxylic acid groups (broad SMARTS) is 1. The number of fused-ring (bicyclic) bond motifs is 1. The van der Waals surface area contributed by atoms with E-state index in [1.165, 1.54) is 40.1 Å². The maximum Gasteiger partial charge on any atom is 0.322 e. The number of hydrogen-bond donors (Lipinski definition) is 5. The van der Waals surface area contributed by atoms with Crippen LogP contribution in [0.25, 0.3) is 0 Å². The van der Waals surface area contributed by atoms with Crippen LogP contribution < -0.4 is 16.8 Å². The molecule has 0 radical (unpaired) electrons. The number of aromatic nitrogens is 2. The van der Waals surface area contributed by atoms with E-state index in [1.54, 1.807) is 17.8 Å². The highest BCUT2D eigenvalue weighted by Gasteiger charge is 2.58. The molecule has 2 amide bonds. The Morgan fingerprint density at radius 1 is 1.36 bits per heavy atom. The molecule has 192 valence electrons. The predicted molar refractivity (Wildman–Crippen MR) is 140 cm³/mol. The molecule has 36 heavy (non-hydrogen) atoms. The molecule has 12 nitrogen and oxygen atoms in total. The number of anilines is 1. The number of carbonyl (C=O) groups excluding carboxylic acids is 2. The Morgan fingerprint density at radius 2 is 2.17 bits per heavy atom. The van der Waals surface area contributed by atoms with Crippen LogP contribution >= 0.6 is 46.6 Å². The third kappa shape index (κ3) is 5.41. The van der Waals surface area contributed by atoms with E-state index in [-0.39, 0.29) is 29.5 Å². The van der Waals surface area contributed by atoms with Crippen molar-refractivity contribution in [3.8, 4) is 0 Å².